The van der Waals surface area contributed by atoms with Crippen LogP contribution in [0, 0.1) is 0 Å². The highest BCUT2D eigenvalue weighted by molar-refractivity contribution is 6.69. The van der Waals surface area contributed by atoms with Crippen LogP contribution >= 0.6 is 0 Å². The van der Waals surface area contributed by atoms with E-state index in [1.807, 2.05) is 86.0 Å². The minimum atomic E-state index is -2.43. The van der Waals surface area contributed by atoms with Gasteiger partial charge < -0.3 is 62.5 Å². The molecule has 0 spiro atoms. The van der Waals surface area contributed by atoms with E-state index >= 15 is 0 Å². The smallest absolute Gasteiger partial charge is 0.260 e. The van der Waals surface area contributed by atoms with Crippen molar-refractivity contribution in [3.05, 3.63) is 137 Å². The fourth-order valence-corrected chi connectivity index (χ4v) is 10.5. The molecule has 3 aliphatic rings. The van der Waals surface area contributed by atoms with E-state index in [1.165, 1.54) is 14.2 Å². The van der Waals surface area contributed by atoms with Crippen LogP contribution < -0.4 is 38.6 Å². The normalized spacial score (nSPS) is 15.9. The van der Waals surface area contributed by atoms with Crippen molar-refractivity contribution in [1.82, 2.24) is 10.2 Å². The molecule has 3 aliphatic heterocycles. The number of fused-ring (bicyclic) bond motifs is 3. The topological polar surface area (TPSA) is 198 Å². The van der Waals surface area contributed by atoms with Gasteiger partial charge in [0.15, 0.2) is 31.3 Å². The summed E-state index contributed by atoms with van der Waals surface area (Å²) >= 11 is 0. The summed E-state index contributed by atoms with van der Waals surface area (Å²) in [4.78, 5) is 66.0. The Bertz CT molecular complexity index is 3020. The number of amides is 3. The summed E-state index contributed by atoms with van der Waals surface area (Å²) in [6, 6.07) is 28.0. The number of hydrogen-bond acceptors (Lipinski definition) is 15. The summed E-state index contributed by atoms with van der Waals surface area (Å²) in [5.41, 5.74) is 7.31. The number of ether oxygens (including phenoxy) is 9. The number of allylic oxidation sites excluding steroid dienone is 1. The first-order chi connectivity index (χ1) is 38.8. The van der Waals surface area contributed by atoms with Crippen LogP contribution in [0.5, 0.6) is 34.5 Å². The van der Waals surface area contributed by atoms with Crippen LogP contribution in [0.25, 0.3) is 11.1 Å². The van der Waals surface area contributed by atoms with Crippen molar-refractivity contribution in [2.24, 2.45) is 9.98 Å². The molecule has 0 fully saturated rings. The fourth-order valence-electron chi connectivity index (χ4n) is 9.42. The third-order valence-electron chi connectivity index (χ3n) is 13.7. The van der Waals surface area contributed by atoms with Gasteiger partial charge in [0, 0.05) is 69.1 Å². The number of nitrogens with one attached hydrogen (secondary N) is 1. The van der Waals surface area contributed by atoms with Crippen LogP contribution in [-0.4, -0.2) is 129 Å². The molecule has 0 saturated heterocycles. The van der Waals surface area contributed by atoms with Crippen LogP contribution in [0.2, 0.25) is 19.1 Å². The number of rotatable bonds is 26. The molecule has 0 unspecified atom stereocenters. The molecule has 5 aromatic carbocycles. The van der Waals surface area contributed by atoms with E-state index in [1.54, 1.807) is 74.0 Å². The van der Waals surface area contributed by atoms with Crippen molar-refractivity contribution in [1.29, 1.82) is 0 Å². The second kappa shape index (κ2) is 27.9. The summed E-state index contributed by atoms with van der Waals surface area (Å²) in [6.45, 7) is 5.75. The maximum absolute atomic E-state index is 14.3. The van der Waals surface area contributed by atoms with E-state index in [2.05, 4.69) is 5.32 Å². The molecule has 0 saturated carbocycles. The Balaban J connectivity index is 1.07. The molecule has 3 amide bonds. The van der Waals surface area contributed by atoms with Gasteiger partial charge in [0.05, 0.1) is 90.0 Å². The summed E-state index contributed by atoms with van der Waals surface area (Å²) in [6.07, 6.45) is 9.71. The van der Waals surface area contributed by atoms with E-state index in [9.17, 15) is 19.2 Å². The zero-order valence-electron chi connectivity index (χ0n) is 46.6. The number of carbonyl (C=O) groups excluding carboxylic acids is 3. The van der Waals surface area contributed by atoms with Gasteiger partial charge in [-0.2, -0.15) is 0 Å². The molecule has 18 nitrogen and oxygen atoms in total. The van der Waals surface area contributed by atoms with Crippen LogP contribution in [-0.2, 0) is 32.2 Å². The zero-order valence-corrected chi connectivity index (χ0v) is 47.6. The molecule has 2 N–H and O–H groups in total. The summed E-state index contributed by atoms with van der Waals surface area (Å²) in [5, 5.41) is 2.95. The van der Waals surface area contributed by atoms with Gasteiger partial charge in [-0.3, -0.25) is 24.4 Å². The van der Waals surface area contributed by atoms with Gasteiger partial charge in [-0.05, 0) is 126 Å². The minimum Gasteiger partial charge on any atom is -0.497 e. The van der Waals surface area contributed by atoms with Crippen molar-refractivity contribution in [3.8, 4) is 34.5 Å². The summed E-state index contributed by atoms with van der Waals surface area (Å²) < 4.78 is 52.1. The Labute approximate surface area is 468 Å². The Morgan fingerprint density at radius 1 is 0.700 bits per heavy atom. The number of aliphatic imine (C=N–C) groups is 2. The predicted octanol–water partition coefficient (Wildman–Crippen LogP) is 10.1. The lowest BCUT2D eigenvalue weighted by Gasteiger charge is -2.25. The second-order valence-corrected chi connectivity index (χ2v) is 24.0. The van der Waals surface area contributed by atoms with Crippen LogP contribution in [0.4, 0.5) is 17.1 Å². The van der Waals surface area contributed by atoms with Crippen molar-refractivity contribution >= 4 is 66.7 Å². The van der Waals surface area contributed by atoms with Gasteiger partial charge >= 0.3 is 0 Å². The molecule has 422 valence electrons. The predicted molar refractivity (Wildman–Crippen MR) is 310 cm³/mol. The van der Waals surface area contributed by atoms with Crippen LogP contribution in [0.15, 0.2) is 113 Å². The zero-order chi connectivity index (χ0) is 56.6. The van der Waals surface area contributed by atoms with E-state index in [-0.39, 0.29) is 56.5 Å². The molecule has 19 heteroatoms. The Morgan fingerprint density at radius 2 is 1.29 bits per heavy atom. The molecule has 0 aromatic heterocycles. The standard InChI is InChI=1S/C61H71N5O13Si/c1-71-23-24-77-26-25-76-22-21-65(59(67)11-9-27-80(6,7)70)47-29-41(39-78-57-34-53-51(32-55(57)74-4)60(68)64-36-45(10-8-20-62-53)43-12-16-49(72-2)17-13-43)28-42(30-47)40-79-58-35-54-52(33-56(58)75-5)61(69)66-38-46(31-48(66)37-63-54)44-14-18-50(73-3)19-15-44/h12-20,28-30,32-38,48,70H,8-11,21-27,31,39-40H2,1-7H3,(H,64,68)/b45-36+,62-20-/t48-/m0/s1. The largest absolute Gasteiger partial charge is 0.497 e. The SMILES string of the molecule is COCCOCCOCCN(C(=O)CCC[Si](C)(C)O)c1cc(COc2cc3c(cc2OC)C(=O)N2C=C(c4ccc(OC)cc4)C[C@H]2C=N3)cc(COc2cc3c(cc2OC)C(=O)N/C=C(/c2ccc(OC)cc2)CC/C=N\3)c1. The first-order valence-corrected chi connectivity index (χ1v) is 29.8. The van der Waals surface area contributed by atoms with Crippen molar-refractivity contribution in [2.45, 2.75) is 70.5 Å². The average Bonchev–Trinajstić information content (AvgIpc) is 3.97. The lowest BCUT2D eigenvalue weighted by Crippen LogP contribution is -2.35. The Morgan fingerprint density at radius 3 is 1.89 bits per heavy atom. The van der Waals surface area contributed by atoms with Crippen LogP contribution in [0.3, 0.4) is 0 Å². The quantitative estimate of drug-likeness (QED) is 0.0392. The van der Waals surface area contributed by atoms with E-state index in [0.717, 1.165) is 33.8 Å². The third kappa shape index (κ3) is 15.3. The van der Waals surface area contributed by atoms with Crippen molar-refractivity contribution in [3.63, 3.8) is 0 Å². The molecule has 3 heterocycles. The van der Waals surface area contributed by atoms with E-state index in [4.69, 9.17) is 52.6 Å². The number of anilines is 1. The fraction of sp³-hybridized carbons (Fsp3) is 0.361. The molecule has 5 aromatic rings. The molecule has 0 radical (unpaired) electrons. The van der Waals surface area contributed by atoms with Gasteiger partial charge in [0.1, 0.15) is 24.7 Å². The summed E-state index contributed by atoms with van der Waals surface area (Å²) in [5.74, 6) is 2.09. The monoisotopic (exact) mass is 1110 g/mol. The number of methoxy groups -OCH3 is 5. The lowest BCUT2D eigenvalue weighted by molar-refractivity contribution is -0.118. The summed E-state index contributed by atoms with van der Waals surface area (Å²) in [7, 11) is 5.44. The highest BCUT2D eigenvalue weighted by Gasteiger charge is 2.34. The van der Waals surface area contributed by atoms with Gasteiger partial charge in [-0.1, -0.05) is 24.3 Å². The number of carbonyl (C=O) groups is 3. The number of benzene rings is 5. The molecular weight excluding hydrogens is 1040 g/mol. The average molecular weight is 1110 g/mol. The molecular formula is C61H71N5O13Si. The highest BCUT2D eigenvalue weighted by atomic mass is 28.4. The molecule has 8 rings (SSSR count). The highest BCUT2D eigenvalue weighted by Crippen LogP contribution is 2.41. The second-order valence-electron chi connectivity index (χ2n) is 19.9. The minimum absolute atomic E-state index is 0.00673. The molecule has 0 aliphatic carbocycles. The number of nitrogens with zero attached hydrogens (tertiary/aromatic N) is 4. The molecule has 80 heavy (non-hydrogen) atoms. The maximum Gasteiger partial charge on any atom is 0.260 e. The molecule has 1 atom stereocenters. The van der Waals surface area contributed by atoms with Crippen molar-refractivity contribution < 1.29 is 61.8 Å². The molecule has 0 bridgehead atoms. The lowest BCUT2D eigenvalue weighted by atomic mass is 10.0. The Kier molecular flexibility index (Phi) is 20.3. The maximum atomic E-state index is 14.3. The first-order valence-electron chi connectivity index (χ1n) is 26.7. The van der Waals surface area contributed by atoms with Gasteiger partial charge in [0.25, 0.3) is 11.8 Å². The van der Waals surface area contributed by atoms with E-state index < -0.39 is 8.32 Å². The van der Waals surface area contributed by atoms with Gasteiger partial charge in [0.2, 0.25) is 5.91 Å². The first kappa shape index (κ1) is 58.3. The van der Waals surface area contributed by atoms with E-state index in [0.29, 0.717) is 120 Å². The van der Waals surface area contributed by atoms with Crippen molar-refractivity contribution in [2.75, 3.05) is 80.0 Å². The van der Waals surface area contributed by atoms with Gasteiger partial charge in [-0.25, -0.2) is 0 Å². The van der Waals surface area contributed by atoms with Gasteiger partial charge in [-0.15, -0.1) is 0 Å². The van der Waals surface area contributed by atoms with Crippen LogP contribution in [0.1, 0.15) is 75.1 Å². The third-order valence-corrected chi connectivity index (χ3v) is 15.3. The Hall–Kier alpha value is -7.81. The number of hydrogen-bond donors (Lipinski definition) is 2.